The molecular weight excluding hydrogens is 554 g/mol. The van der Waals surface area contributed by atoms with Crippen LogP contribution in [0.2, 0.25) is 0 Å². The van der Waals surface area contributed by atoms with Crippen molar-refractivity contribution >= 4 is 16.8 Å². The van der Waals surface area contributed by atoms with Gasteiger partial charge in [-0.05, 0) is 93.5 Å². The molecule has 2 fully saturated rings. The standard InChI is InChI=1S/C33H34F2N4O4/c1-4-32(2,41)24-16-27(37-30(28(24)35)19-7-11-23(34)12-8-19)33(42,22-9-10-22)17-36-31(40)21-13-20-14-25(18-5-6-18)38-39-29(20)26(15-21)43-3/h7-8,11-16,18,22,41-42H,4-6,9-10,17H2,1-3H3,(H,36,40)/t32?,33-/m1/s1. The molecule has 4 aromatic rings. The molecule has 1 amide bonds. The molecule has 1 unspecified atom stereocenters. The lowest BCUT2D eigenvalue weighted by Crippen LogP contribution is -2.43. The van der Waals surface area contributed by atoms with E-state index in [1.54, 1.807) is 19.1 Å². The van der Waals surface area contributed by atoms with E-state index in [4.69, 9.17) is 4.74 Å². The zero-order valence-electron chi connectivity index (χ0n) is 24.3. The fourth-order valence-corrected chi connectivity index (χ4v) is 5.46. The second kappa shape index (κ2) is 10.9. The van der Waals surface area contributed by atoms with Gasteiger partial charge in [-0.3, -0.25) is 4.79 Å². The van der Waals surface area contributed by atoms with Gasteiger partial charge in [0.15, 0.2) is 5.82 Å². The molecule has 8 nitrogen and oxygen atoms in total. The van der Waals surface area contributed by atoms with E-state index in [0.717, 1.165) is 23.9 Å². The normalized spacial score (nSPS) is 17.7. The molecule has 0 radical (unpaired) electrons. The van der Waals surface area contributed by atoms with Crippen molar-refractivity contribution in [2.24, 2.45) is 5.92 Å². The van der Waals surface area contributed by atoms with Crippen LogP contribution in [0.5, 0.6) is 5.75 Å². The Bertz CT molecular complexity index is 1700. The molecule has 0 aliphatic heterocycles. The van der Waals surface area contributed by atoms with Crippen LogP contribution in [0.4, 0.5) is 8.78 Å². The molecule has 2 saturated carbocycles. The number of fused-ring (bicyclic) bond motifs is 1. The van der Waals surface area contributed by atoms with Gasteiger partial charge in [-0.25, -0.2) is 13.8 Å². The maximum absolute atomic E-state index is 15.9. The summed E-state index contributed by atoms with van der Waals surface area (Å²) in [6.45, 7) is 3.02. The van der Waals surface area contributed by atoms with Crippen molar-refractivity contribution in [2.75, 3.05) is 13.7 Å². The third-order valence-corrected chi connectivity index (χ3v) is 8.71. The number of ether oxygens (including phenoxy) is 1. The quantitative estimate of drug-likeness (QED) is 0.224. The van der Waals surface area contributed by atoms with Gasteiger partial charge in [0, 0.05) is 28.0 Å². The highest BCUT2D eigenvalue weighted by Crippen LogP contribution is 2.47. The summed E-state index contributed by atoms with van der Waals surface area (Å²) in [6, 6.07) is 11.8. The zero-order valence-corrected chi connectivity index (χ0v) is 24.3. The Hall–Kier alpha value is -4.02. The van der Waals surface area contributed by atoms with Crippen molar-refractivity contribution in [3.05, 3.63) is 82.7 Å². The highest BCUT2D eigenvalue weighted by molar-refractivity contribution is 6.00. The molecule has 224 valence electrons. The summed E-state index contributed by atoms with van der Waals surface area (Å²) < 4.78 is 35.0. The summed E-state index contributed by atoms with van der Waals surface area (Å²) in [5, 5.41) is 35.4. The first-order valence-corrected chi connectivity index (χ1v) is 14.6. The third kappa shape index (κ3) is 5.57. The second-order valence-corrected chi connectivity index (χ2v) is 11.9. The van der Waals surface area contributed by atoms with E-state index < -0.39 is 28.7 Å². The number of halogens is 2. The van der Waals surface area contributed by atoms with Crippen LogP contribution in [0, 0.1) is 17.6 Å². The number of rotatable bonds is 10. The average Bonchev–Trinajstić information content (AvgIpc) is 3.93. The number of amides is 1. The van der Waals surface area contributed by atoms with E-state index in [1.165, 1.54) is 44.4 Å². The van der Waals surface area contributed by atoms with E-state index in [2.05, 4.69) is 20.5 Å². The predicted octanol–water partition coefficient (Wildman–Crippen LogP) is 5.50. The first kappa shape index (κ1) is 29.1. The second-order valence-electron chi connectivity index (χ2n) is 11.9. The Morgan fingerprint density at radius 3 is 2.40 bits per heavy atom. The minimum absolute atomic E-state index is 0.0310. The fraction of sp³-hybridized carbons (Fsp3) is 0.394. The molecule has 10 heteroatoms. The Morgan fingerprint density at radius 1 is 1.05 bits per heavy atom. The number of methoxy groups -OCH3 is 1. The van der Waals surface area contributed by atoms with E-state index in [-0.39, 0.29) is 35.8 Å². The summed E-state index contributed by atoms with van der Waals surface area (Å²) in [5.74, 6) is -1.12. The molecule has 0 bridgehead atoms. The molecule has 6 rings (SSSR count). The van der Waals surface area contributed by atoms with Crippen LogP contribution in [0.3, 0.4) is 0 Å². The molecular formula is C33H34F2N4O4. The predicted molar refractivity (Wildman–Crippen MR) is 156 cm³/mol. The molecule has 0 spiro atoms. The monoisotopic (exact) mass is 588 g/mol. The zero-order chi connectivity index (χ0) is 30.5. The Balaban J connectivity index is 1.36. The minimum Gasteiger partial charge on any atom is -0.494 e. The lowest BCUT2D eigenvalue weighted by Gasteiger charge is -2.31. The maximum atomic E-state index is 15.9. The van der Waals surface area contributed by atoms with E-state index >= 15 is 4.39 Å². The molecule has 2 atom stereocenters. The number of hydrogen-bond acceptors (Lipinski definition) is 7. The van der Waals surface area contributed by atoms with Crippen LogP contribution >= 0.6 is 0 Å². The Labute approximate surface area is 248 Å². The van der Waals surface area contributed by atoms with E-state index in [1.807, 2.05) is 6.07 Å². The molecule has 2 aromatic heterocycles. The van der Waals surface area contributed by atoms with Crippen molar-refractivity contribution in [1.82, 2.24) is 20.5 Å². The number of carbonyl (C=O) groups is 1. The number of carbonyl (C=O) groups excluding carboxylic acids is 1. The van der Waals surface area contributed by atoms with Crippen molar-refractivity contribution < 1.29 is 28.5 Å². The van der Waals surface area contributed by atoms with Crippen LogP contribution < -0.4 is 10.1 Å². The smallest absolute Gasteiger partial charge is 0.251 e. The molecule has 2 heterocycles. The topological polar surface area (TPSA) is 117 Å². The number of aliphatic hydroxyl groups is 2. The summed E-state index contributed by atoms with van der Waals surface area (Å²) >= 11 is 0. The number of aromatic nitrogens is 3. The number of hydrogen-bond donors (Lipinski definition) is 3. The summed E-state index contributed by atoms with van der Waals surface area (Å²) in [5.41, 5.74) is -1.17. The lowest BCUT2D eigenvalue weighted by atomic mass is 9.86. The van der Waals surface area contributed by atoms with Gasteiger partial charge in [-0.1, -0.05) is 6.92 Å². The molecule has 43 heavy (non-hydrogen) atoms. The average molecular weight is 589 g/mol. The minimum atomic E-state index is -1.65. The van der Waals surface area contributed by atoms with Gasteiger partial charge in [0.05, 0.1) is 30.6 Å². The van der Waals surface area contributed by atoms with Gasteiger partial charge >= 0.3 is 0 Å². The van der Waals surface area contributed by atoms with Crippen LogP contribution in [0.25, 0.3) is 22.2 Å². The molecule has 2 aliphatic rings. The number of pyridine rings is 1. The van der Waals surface area contributed by atoms with Crippen molar-refractivity contribution in [1.29, 1.82) is 0 Å². The molecule has 0 saturated heterocycles. The van der Waals surface area contributed by atoms with Gasteiger partial charge in [-0.2, -0.15) is 5.10 Å². The Kier molecular flexibility index (Phi) is 7.38. The Morgan fingerprint density at radius 2 is 1.77 bits per heavy atom. The number of nitrogens with one attached hydrogen (secondary N) is 1. The van der Waals surface area contributed by atoms with Crippen molar-refractivity contribution in [2.45, 2.75) is 63.1 Å². The molecule has 3 N–H and O–H groups in total. The van der Waals surface area contributed by atoms with Crippen molar-refractivity contribution in [3.63, 3.8) is 0 Å². The van der Waals surface area contributed by atoms with Gasteiger partial charge in [0.25, 0.3) is 5.91 Å². The lowest BCUT2D eigenvalue weighted by molar-refractivity contribution is 0.00812. The van der Waals surface area contributed by atoms with E-state index in [9.17, 15) is 19.4 Å². The highest BCUT2D eigenvalue weighted by atomic mass is 19.1. The van der Waals surface area contributed by atoms with Crippen molar-refractivity contribution in [3.8, 4) is 17.0 Å². The molecule has 2 aliphatic carbocycles. The summed E-state index contributed by atoms with van der Waals surface area (Å²) in [4.78, 5) is 18.0. The summed E-state index contributed by atoms with van der Waals surface area (Å²) in [7, 11) is 1.50. The number of benzene rings is 2. The van der Waals surface area contributed by atoms with Crippen LogP contribution in [0.1, 0.15) is 79.2 Å². The van der Waals surface area contributed by atoms with Gasteiger partial charge < -0.3 is 20.3 Å². The first-order valence-electron chi connectivity index (χ1n) is 14.6. The van der Waals surface area contributed by atoms with Gasteiger partial charge in [0.1, 0.15) is 28.4 Å². The maximum Gasteiger partial charge on any atom is 0.251 e. The van der Waals surface area contributed by atoms with Crippen LogP contribution in [0.15, 0.2) is 48.5 Å². The van der Waals surface area contributed by atoms with Gasteiger partial charge in [0.2, 0.25) is 0 Å². The van der Waals surface area contributed by atoms with Crippen LogP contribution in [-0.2, 0) is 11.2 Å². The van der Waals surface area contributed by atoms with Crippen LogP contribution in [-0.4, -0.2) is 45.0 Å². The SMILES string of the molecule is CCC(C)(O)c1cc([C@@](O)(CNC(=O)c2cc(OC)c3nnc(C4CC4)cc3c2)C2CC2)nc(-c2ccc(F)cc2)c1F. The number of nitrogens with zero attached hydrogens (tertiary/aromatic N) is 3. The fourth-order valence-electron chi connectivity index (χ4n) is 5.46. The first-order chi connectivity index (χ1) is 20.5. The molecule has 2 aromatic carbocycles. The summed E-state index contributed by atoms with van der Waals surface area (Å²) in [6.07, 6.45) is 3.69. The third-order valence-electron chi connectivity index (χ3n) is 8.71. The van der Waals surface area contributed by atoms with Gasteiger partial charge in [-0.15, -0.1) is 5.10 Å². The largest absolute Gasteiger partial charge is 0.494 e. The highest BCUT2D eigenvalue weighted by Gasteiger charge is 2.47. The van der Waals surface area contributed by atoms with E-state index in [0.29, 0.717) is 41.2 Å².